The zero-order valence-electron chi connectivity index (χ0n) is 18.7. The predicted molar refractivity (Wildman–Crippen MR) is 123 cm³/mol. The van der Waals surface area contributed by atoms with Crippen LogP contribution in [0.25, 0.3) is 0 Å². The van der Waals surface area contributed by atoms with E-state index in [9.17, 15) is 0 Å². The van der Waals surface area contributed by atoms with Gasteiger partial charge in [-0.15, -0.1) is 10.2 Å². The van der Waals surface area contributed by atoms with E-state index in [1.165, 1.54) is 0 Å². The predicted octanol–water partition coefficient (Wildman–Crippen LogP) is 3.13. The highest BCUT2D eigenvalue weighted by molar-refractivity contribution is 6.04. The summed E-state index contributed by atoms with van der Waals surface area (Å²) >= 11 is 0. The molecule has 1 N–H and O–H groups in total. The van der Waals surface area contributed by atoms with Crippen molar-refractivity contribution in [3.63, 3.8) is 0 Å². The topological polar surface area (TPSA) is 91.8 Å². The molecule has 2 aliphatic heterocycles. The molecule has 0 amide bonds. The molecule has 0 radical (unpaired) electrons. The number of nitrogens with zero attached hydrogens (tertiary/aromatic N) is 6. The number of aromatic nitrogens is 4. The standard InChI is InChI=1S/C24H27N7O2/c1-32-17-6-7-20-18(16-17)22(25-19-4-2-3-5-21(19)33-20)31-14-12-30(13-15-31)11-10-24(8-9-24)23-26-28-29-27-23/h2-7,16H,8-15H2,1H3,(H,26,27,28,29). The summed E-state index contributed by atoms with van der Waals surface area (Å²) in [6, 6.07) is 13.9. The quantitative estimate of drug-likeness (QED) is 0.645. The third-order valence-corrected chi connectivity index (χ3v) is 6.99. The number of ether oxygens (including phenoxy) is 2. The fourth-order valence-electron chi connectivity index (χ4n) is 4.75. The van der Waals surface area contributed by atoms with Crippen LogP contribution >= 0.6 is 0 Å². The minimum absolute atomic E-state index is 0.131. The maximum Gasteiger partial charge on any atom is 0.180 e. The number of hydrogen-bond acceptors (Lipinski definition) is 8. The van der Waals surface area contributed by atoms with E-state index in [0.29, 0.717) is 0 Å². The molecule has 2 aromatic carbocycles. The van der Waals surface area contributed by atoms with Crippen molar-refractivity contribution in [1.29, 1.82) is 0 Å². The second kappa shape index (κ2) is 8.15. The van der Waals surface area contributed by atoms with Crippen LogP contribution in [-0.4, -0.2) is 76.1 Å². The van der Waals surface area contributed by atoms with Crippen LogP contribution < -0.4 is 9.47 Å². The number of hydrogen-bond donors (Lipinski definition) is 1. The van der Waals surface area contributed by atoms with Gasteiger partial charge in [0.25, 0.3) is 0 Å². The SMILES string of the molecule is COc1ccc2c(c1)C(N1CCN(CCC3(c4nn[nH]n4)CC3)CC1)=Nc1ccccc1O2. The minimum Gasteiger partial charge on any atom is -0.497 e. The molecule has 0 bridgehead atoms. The number of fused-ring (bicyclic) bond motifs is 2. The normalized spacial score (nSPS) is 19.1. The van der Waals surface area contributed by atoms with E-state index in [1.54, 1.807) is 7.11 Å². The lowest BCUT2D eigenvalue weighted by Gasteiger charge is -2.37. The molecule has 0 atom stereocenters. The van der Waals surface area contributed by atoms with E-state index < -0.39 is 0 Å². The summed E-state index contributed by atoms with van der Waals surface area (Å²) in [4.78, 5) is 9.95. The third-order valence-electron chi connectivity index (χ3n) is 6.99. The molecule has 0 unspecified atom stereocenters. The summed E-state index contributed by atoms with van der Waals surface area (Å²) in [6.45, 7) is 4.84. The van der Waals surface area contributed by atoms with Gasteiger partial charge in [-0.3, -0.25) is 4.90 Å². The van der Waals surface area contributed by atoms with E-state index in [1.807, 2.05) is 42.5 Å². The molecule has 9 nitrogen and oxygen atoms in total. The summed E-state index contributed by atoms with van der Waals surface area (Å²) in [6.07, 6.45) is 3.39. The van der Waals surface area contributed by atoms with Gasteiger partial charge in [0.15, 0.2) is 11.6 Å². The summed E-state index contributed by atoms with van der Waals surface area (Å²) in [7, 11) is 1.69. The Kier molecular flexibility index (Phi) is 4.98. The van der Waals surface area contributed by atoms with Crippen LogP contribution in [0.3, 0.4) is 0 Å². The molecular weight excluding hydrogens is 418 g/mol. The lowest BCUT2D eigenvalue weighted by Crippen LogP contribution is -2.49. The average molecular weight is 446 g/mol. The number of aliphatic imine (C=N–C) groups is 1. The fraction of sp³-hybridized carbons (Fsp3) is 0.417. The number of para-hydroxylation sites is 2. The highest BCUT2D eigenvalue weighted by Gasteiger charge is 2.47. The lowest BCUT2D eigenvalue weighted by atomic mass is 10.0. The van der Waals surface area contributed by atoms with Crippen molar-refractivity contribution in [2.24, 2.45) is 4.99 Å². The number of benzene rings is 2. The van der Waals surface area contributed by atoms with Gasteiger partial charge in [-0.2, -0.15) is 5.21 Å². The first-order chi connectivity index (χ1) is 16.2. The Morgan fingerprint density at radius 3 is 2.67 bits per heavy atom. The van der Waals surface area contributed by atoms with Crippen molar-refractivity contribution in [1.82, 2.24) is 30.4 Å². The summed E-state index contributed by atoms with van der Waals surface area (Å²) in [5.41, 5.74) is 1.94. The van der Waals surface area contributed by atoms with E-state index >= 15 is 0 Å². The molecule has 3 heterocycles. The van der Waals surface area contributed by atoms with Gasteiger partial charge in [0, 0.05) is 31.6 Å². The van der Waals surface area contributed by atoms with Gasteiger partial charge < -0.3 is 14.4 Å². The Balaban J connectivity index is 1.19. The number of piperazine rings is 1. The largest absolute Gasteiger partial charge is 0.497 e. The van der Waals surface area contributed by atoms with Crippen LogP contribution in [0.1, 0.15) is 30.7 Å². The van der Waals surface area contributed by atoms with Crippen LogP contribution in [-0.2, 0) is 5.41 Å². The molecule has 1 aromatic heterocycles. The van der Waals surface area contributed by atoms with Gasteiger partial charge in [-0.05, 0) is 56.1 Å². The Labute approximate surface area is 192 Å². The number of methoxy groups -OCH3 is 1. The molecule has 1 saturated carbocycles. The average Bonchev–Trinajstić information content (AvgIpc) is 3.49. The van der Waals surface area contributed by atoms with E-state index in [0.717, 1.165) is 92.1 Å². The van der Waals surface area contributed by atoms with Gasteiger partial charge in [-0.25, -0.2) is 4.99 Å². The smallest absolute Gasteiger partial charge is 0.180 e. The Morgan fingerprint density at radius 2 is 1.91 bits per heavy atom. The van der Waals surface area contributed by atoms with Crippen LogP contribution in [0.5, 0.6) is 17.2 Å². The van der Waals surface area contributed by atoms with Gasteiger partial charge in [0.2, 0.25) is 0 Å². The summed E-state index contributed by atoms with van der Waals surface area (Å²) < 4.78 is 11.7. The Bertz CT molecular complexity index is 1170. The number of rotatable bonds is 5. The molecule has 1 saturated heterocycles. The number of amidine groups is 1. The zero-order chi connectivity index (χ0) is 22.3. The van der Waals surface area contributed by atoms with Crippen LogP contribution in [0.2, 0.25) is 0 Å². The second-order valence-corrected chi connectivity index (χ2v) is 8.96. The Hall–Kier alpha value is -3.46. The molecule has 33 heavy (non-hydrogen) atoms. The van der Waals surface area contributed by atoms with Crippen molar-refractivity contribution in [2.75, 3.05) is 39.8 Å². The molecular formula is C24H27N7O2. The first-order valence-corrected chi connectivity index (χ1v) is 11.5. The molecule has 0 spiro atoms. The monoisotopic (exact) mass is 445 g/mol. The highest BCUT2D eigenvalue weighted by Crippen LogP contribution is 2.49. The van der Waals surface area contributed by atoms with E-state index in [-0.39, 0.29) is 5.41 Å². The minimum atomic E-state index is 0.131. The maximum absolute atomic E-state index is 6.24. The molecule has 1 aliphatic carbocycles. The van der Waals surface area contributed by atoms with Crippen molar-refractivity contribution in [3.8, 4) is 17.2 Å². The zero-order valence-corrected chi connectivity index (χ0v) is 18.7. The molecule has 170 valence electrons. The van der Waals surface area contributed by atoms with Crippen molar-refractivity contribution in [3.05, 3.63) is 53.9 Å². The summed E-state index contributed by atoms with van der Waals surface area (Å²) in [5, 5.41) is 14.8. The molecule has 2 fully saturated rings. The molecule has 3 aromatic rings. The maximum atomic E-state index is 6.24. The highest BCUT2D eigenvalue weighted by atomic mass is 16.5. The lowest BCUT2D eigenvalue weighted by molar-refractivity contribution is 0.175. The van der Waals surface area contributed by atoms with Crippen LogP contribution in [0, 0.1) is 0 Å². The second-order valence-electron chi connectivity index (χ2n) is 8.96. The molecule has 6 rings (SSSR count). The number of tetrazole rings is 1. The fourth-order valence-corrected chi connectivity index (χ4v) is 4.75. The number of H-pyrrole nitrogens is 1. The Morgan fingerprint density at radius 1 is 1.06 bits per heavy atom. The summed E-state index contributed by atoms with van der Waals surface area (Å²) in [5.74, 6) is 4.19. The van der Waals surface area contributed by atoms with Crippen LogP contribution in [0.4, 0.5) is 5.69 Å². The van der Waals surface area contributed by atoms with E-state index in [2.05, 4.69) is 30.4 Å². The van der Waals surface area contributed by atoms with E-state index in [4.69, 9.17) is 14.5 Å². The molecule has 3 aliphatic rings. The molecule has 9 heteroatoms. The van der Waals surface area contributed by atoms with Gasteiger partial charge in [0.1, 0.15) is 23.0 Å². The van der Waals surface area contributed by atoms with Crippen LogP contribution in [0.15, 0.2) is 47.5 Å². The van der Waals surface area contributed by atoms with Crippen molar-refractivity contribution >= 4 is 11.5 Å². The van der Waals surface area contributed by atoms with Gasteiger partial charge >= 0.3 is 0 Å². The van der Waals surface area contributed by atoms with Crippen molar-refractivity contribution < 1.29 is 9.47 Å². The number of aromatic amines is 1. The van der Waals surface area contributed by atoms with Gasteiger partial charge in [0.05, 0.1) is 12.7 Å². The first-order valence-electron chi connectivity index (χ1n) is 11.5. The first kappa shape index (κ1) is 20.2. The third kappa shape index (κ3) is 3.82. The van der Waals surface area contributed by atoms with Crippen molar-refractivity contribution in [2.45, 2.75) is 24.7 Å². The van der Waals surface area contributed by atoms with Gasteiger partial charge in [-0.1, -0.05) is 17.3 Å². The number of nitrogens with one attached hydrogen (secondary N) is 1.